The molecule has 0 saturated carbocycles. The van der Waals surface area contributed by atoms with Gasteiger partial charge in [0.05, 0.1) is 5.69 Å². The van der Waals surface area contributed by atoms with Gasteiger partial charge in [-0.15, -0.1) is 0 Å². The molecule has 1 aliphatic heterocycles. The minimum atomic E-state index is -0.632. The molecule has 1 amide bonds. The Morgan fingerprint density at radius 1 is 1.17 bits per heavy atom. The Labute approximate surface area is 174 Å². The van der Waals surface area contributed by atoms with Crippen LogP contribution in [-0.4, -0.2) is 69.3 Å². The van der Waals surface area contributed by atoms with Gasteiger partial charge in [-0.1, -0.05) is 25.4 Å². The van der Waals surface area contributed by atoms with Crippen LogP contribution in [-0.2, 0) is 16.1 Å². The topological polar surface area (TPSA) is 93.5 Å². The second kappa shape index (κ2) is 9.21. The summed E-state index contributed by atoms with van der Waals surface area (Å²) in [5, 5.41) is 4.54. The molecule has 2 aromatic rings. The second-order valence-electron chi connectivity index (χ2n) is 7.32. The van der Waals surface area contributed by atoms with Crippen molar-refractivity contribution in [3.8, 4) is 0 Å². The molecule has 0 atom stereocenters. The Balaban J connectivity index is 1.52. The summed E-state index contributed by atoms with van der Waals surface area (Å²) in [6.07, 6.45) is 3.38. The zero-order valence-corrected chi connectivity index (χ0v) is 17.6. The van der Waals surface area contributed by atoms with E-state index in [4.69, 9.17) is 16.3 Å². The summed E-state index contributed by atoms with van der Waals surface area (Å²) in [6.45, 7) is 8.31. The molecule has 2 aromatic heterocycles. The summed E-state index contributed by atoms with van der Waals surface area (Å²) in [4.78, 5) is 37.0. The van der Waals surface area contributed by atoms with Crippen LogP contribution in [0.4, 0.5) is 5.95 Å². The highest BCUT2D eigenvalue weighted by molar-refractivity contribution is 6.32. The van der Waals surface area contributed by atoms with Crippen molar-refractivity contribution in [1.29, 1.82) is 0 Å². The molecule has 1 aliphatic rings. The van der Waals surface area contributed by atoms with E-state index < -0.39 is 5.97 Å². The van der Waals surface area contributed by atoms with Gasteiger partial charge in [0.1, 0.15) is 10.7 Å². The van der Waals surface area contributed by atoms with Gasteiger partial charge < -0.3 is 14.5 Å². The number of amides is 1. The third-order valence-corrected chi connectivity index (χ3v) is 4.99. The van der Waals surface area contributed by atoms with Crippen molar-refractivity contribution in [2.24, 2.45) is 5.92 Å². The lowest BCUT2D eigenvalue weighted by Crippen LogP contribution is -2.50. The zero-order valence-electron chi connectivity index (χ0n) is 16.8. The molecule has 0 bridgehead atoms. The lowest BCUT2D eigenvalue weighted by Gasteiger charge is -2.34. The van der Waals surface area contributed by atoms with Gasteiger partial charge in [0, 0.05) is 45.1 Å². The maximum Gasteiger partial charge on any atom is 0.343 e. The predicted molar refractivity (Wildman–Crippen MR) is 108 cm³/mol. The molecule has 156 valence electrons. The molecule has 9 nitrogen and oxygen atoms in total. The first-order valence-corrected chi connectivity index (χ1v) is 9.94. The van der Waals surface area contributed by atoms with Gasteiger partial charge in [-0.05, 0) is 18.9 Å². The van der Waals surface area contributed by atoms with E-state index in [0.29, 0.717) is 50.3 Å². The zero-order chi connectivity index (χ0) is 21.0. The van der Waals surface area contributed by atoms with Crippen LogP contribution in [0, 0.1) is 12.8 Å². The van der Waals surface area contributed by atoms with Crippen LogP contribution < -0.4 is 4.90 Å². The number of hydrogen-bond acceptors (Lipinski definition) is 7. The van der Waals surface area contributed by atoms with E-state index in [0.717, 1.165) is 0 Å². The van der Waals surface area contributed by atoms with E-state index in [9.17, 15) is 9.59 Å². The van der Waals surface area contributed by atoms with Crippen LogP contribution in [0.25, 0.3) is 0 Å². The second-order valence-corrected chi connectivity index (χ2v) is 7.68. The van der Waals surface area contributed by atoms with Crippen LogP contribution in [0.2, 0.25) is 5.15 Å². The van der Waals surface area contributed by atoms with Crippen molar-refractivity contribution in [1.82, 2.24) is 24.6 Å². The highest BCUT2D eigenvalue weighted by atomic mass is 35.5. The standard InChI is InChI=1S/C19H25ClN6O3/c1-13(2)11-26-17(20)16(14(3)23-26)18(28)29-12-15(27)24-7-9-25(10-8-24)19-21-5-4-6-22-19/h4-6,13H,7-12H2,1-3H3. The Morgan fingerprint density at radius 3 is 2.45 bits per heavy atom. The monoisotopic (exact) mass is 420 g/mol. The lowest BCUT2D eigenvalue weighted by molar-refractivity contribution is -0.134. The number of rotatable bonds is 6. The first-order valence-electron chi connectivity index (χ1n) is 9.56. The number of halogens is 1. The molecule has 0 unspecified atom stereocenters. The van der Waals surface area contributed by atoms with E-state index >= 15 is 0 Å². The molecule has 0 radical (unpaired) electrons. The molecule has 0 aliphatic carbocycles. The van der Waals surface area contributed by atoms with Crippen LogP contribution in [0.5, 0.6) is 0 Å². The third kappa shape index (κ3) is 5.03. The van der Waals surface area contributed by atoms with Gasteiger partial charge in [-0.3, -0.25) is 9.48 Å². The molecule has 0 aromatic carbocycles. The van der Waals surface area contributed by atoms with E-state index in [1.165, 1.54) is 0 Å². The Hall–Kier alpha value is -2.68. The average molecular weight is 421 g/mol. The molecule has 1 saturated heterocycles. The number of nitrogens with zero attached hydrogens (tertiary/aromatic N) is 6. The fraction of sp³-hybridized carbons (Fsp3) is 0.526. The fourth-order valence-electron chi connectivity index (χ4n) is 3.15. The van der Waals surface area contributed by atoms with E-state index in [2.05, 4.69) is 15.1 Å². The summed E-state index contributed by atoms with van der Waals surface area (Å²) in [7, 11) is 0. The number of piperazine rings is 1. The number of esters is 1. The highest BCUT2D eigenvalue weighted by Crippen LogP contribution is 2.22. The molecular formula is C19H25ClN6O3. The number of carbonyl (C=O) groups excluding carboxylic acids is 2. The maximum absolute atomic E-state index is 12.5. The van der Waals surface area contributed by atoms with Gasteiger partial charge in [-0.2, -0.15) is 5.10 Å². The Morgan fingerprint density at radius 2 is 1.83 bits per heavy atom. The minimum Gasteiger partial charge on any atom is -0.452 e. The van der Waals surface area contributed by atoms with E-state index in [-0.39, 0.29) is 23.2 Å². The normalized spacial score (nSPS) is 14.4. The molecule has 1 fully saturated rings. The van der Waals surface area contributed by atoms with Crippen molar-refractivity contribution in [2.45, 2.75) is 27.3 Å². The summed E-state index contributed by atoms with van der Waals surface area (Å²) < 4.78 is 6.82. The van der Waals surface area contributed by atoms with Gasteiger partial charge in [0.25, 0.3) is 5.91 Å². The summed E-state index contributed by atoms with van der Waals surface area (Å²) in [5.74, 6) is 0.106. The summed E-state index contributed by atoms with van der Waals surface area (Å²) in [5.41, 5.74) is 0.704. The van der Waals surface area contributed by atoms with Crippen LogP contribution >= 0.6 is 11.6 Å². The predicted octanol–water partition coefficient (Wildman–Crippen LogP) is 1.80. The van der Waals surface area contributed by atoms with Crippen LogP contribution in [0.1, 0.15) is 29.9 Å². The van der Waals surface area contributed by atoms with Gasteiger partial charge in [0.15, 0.2) is 6.61 Å². The van der Waals surface area contributed by atoms with E-state index in [1.807, 2.05) is 18.7 Å². The highest BCUT2D eigenvalue weighted by Gasteiger charge is 2.26. The first-order chi connectivity index (χ1) is 13.9. The number of aryl methyl sites for hydroxylation is 1. The van der Waals surface area contributed by atoms with Crippen LogP contribution in [0.3, 0.4) is 0 Å². The molecule has 0 N–H and O–H groups in total. The number of hydrogen-bond donors (Lipinski definition) is 0. The molecule has 29 heavy (non-hydrogen) atoms. The largest absolute Gasteiger partial charge is 0.452 e. The number of aromatic nitrogens is 4. The smallest absolute Gasteiger partial charge is 0.343 e. The molecular weight excluding hydrogens is 396 g/mol. The first kappa shape index (κ1) is 21.0. The molecule has 3 rings (SSSR count). The molecule has 0 spiro atoms. The van der Waals surface area contributed by atoms with Crippen LogP contribution in [0.15, 0.2) is 18.5 Å². The quantitative estimate of drug-likeness (QED) is 0.657. The van der Waals surface area contributed by atoms with E-state index in [1.54, 1.807) is 35.0 Å². The summed E-state index contributed by atoms with van der Waals surface area (Å²) in [6, 6.07) is 1.76. The minimum absolute atomic E-state index is 0.214. The van der Waals surface area contributed by atoms with Gasteiger partial charge in [-0.25, -0.2) is 14.8 Å². The van der Waals surface area contributed by atoms with Crippen molar-refractivity contribution in [3.63, 3.8) is 0 Å². The SMILES string of the molecule is Cc1nn(CC(C)C)c(Cl)c1C(=O)OCC(=O)N1CCN(c2ncccn2)CC1. The average Bonchev–Trinajstić information content (AvgIpc) is 2.99. The number of carbonyl (C=O) groups is 2. The van der Waals surface area contributed by atoms with Gasteiger partial charge in [0.2, 0.25) is 5.95 Å². The maximum atomic E-state index is 12.5. The number of ether oxygens (including phenoxy) is 1. The van der Waals surface area contributed by atoms with Crippen molar-refractivity contribution >= 4 is 29.4 Å². The molecule has 3 heterocycles. The number of anilines is 1. The van der Waals surface area contributed by atoms with Crippen molar-refractivity contribution in [2.75, 3.05) is 37.7 Å². The van der Waals surface area contributed by atoms with Crippen molar-refractivity contribution in [3.05, 3.63) is 34.9 Å². The molecule has 10 heteroatoms. The van der Waals surface area contributed by atoms with Gasteiger partial charge >= 0.3 is 5.97 Å². The lowest BCUT2D eigenvalue weighted by atomic mass is 10.2. The van der Waals surface area contributed by atoms with Crippen molar-refractivity contribution < 1.29 is 14.3 Å². The summed E-state index contributed by atoms with van der Waals surface area (Å²) >= 11 is 6.29. The Kier molecular flexibility index (Phi) is 6.68. The fourth-order valence-corrected chi connectivity index (χ4v) is 3.47. The third-order valence-electron chi connectivity index (χ3n) is 4.60. The Bertz CT molecular complexity index is 862.